The molecule has 0 unspecified atom stereocenters. The van der Waals surface area contributed by atoms with Crippen LogP contribution in [0, 0.1) is 12.7 Å². The highest BCUT2D eigenvalue weighted by molar-refractivity contribution is 9.10. The van der Waals surface area contributed by atoms with E-state index in [2.05, 4.69) is 26.0 Å². The summed E-state index contributed by atoms with van der Waals surface area (Å²) in [4.78, 5) is 23.1. The monoisotopic (exact) mass is 421 g/mol. The fraction of sp³-hybridized carbons (Fsp3) is 0.158. The van der Waals surface area contributed by atoms with E-state index >= 15 is 0 Å². The van der Waals surface area contributed by atoms with Gasteiger partial charge >= 0.3 is 5.97 Å². The maximum atomic E-state index is 13.7. The van der Waals surface area contributed by atoms with Gasteiger partial charge in [0.15, 0.2) is 6.61 Å². The van der Waals surface area contributed by atoms with Crippen LogP contribution in [0.15, 0.2) is 46.9 Å². The van der Waals surface area contributed by atoms with Gasteiger partial charge in [-0.15, -0.1) is 0 Å². The summed E-state index contributed by atoms with van der Waals surface area (Å²) in [6.45, 7) is 1.60. The van der Waals surface area contributed by atoms with Crippen LogP contribution in [0.2, 0.25) is 0 Å². The summed E-state index contributed by atoms with van der Waals surface area (Å²) in [5, 5.41) is 2.71. The minimum Gasteiger partial charge on any atom is -0.482 e. The molecule has 0 saturated heterocycles. The van der Waals surface area contributed by atoms with E-state index in [1.807, 2.05) is 0 Å². The topological polar surface area (TPSA) is 64.6 Å². The number of hydrogen-bond acceptors (Lipinski definition) is 4. The Labute approximate surface area is 158 Å². The van der Waals surface area contributed by atoms with Crippen LogP contribution < -0.4 is 10.1 Å². The fourth-order valence-electron chi connectivity index (χ4n) is 2.05. The van der Waals surface area contributed by atoms with Crippen molar-refractivity contribution in [1.82, 2.24) is 0 Å². The van der Waals surface area contributed by atoms with Crippen LogP contribution in [0.3, 0.4) is 0 Å². The van der Waals surface area contributed by atoms with Gasteiger partial charge in [-0.1, -0.05) is 15.9 Å². The Hall–Kier alpha value is -2.67. The highest BCUT2D eigenvalue weighted by Crippen LogP contribution is 2.22. The fourth-order valence-corrected chi connectivity index (χ4v) is 2.43. The molecule has 0 saturated carbocycles. The molecule has 1 N–H and O–H groups in total. The molecule has 0 atom stereocenters. The maximum absolute atomic E-state index is 13.7. The Morgan fingerprint density at radius 3 is 2.69 bits per heavy atom. The molecule has 5 nitrogen and oxygen atoms in total. The molecule has 2 aromatic rings. The molecule has 0 aliphatic heterocycles. The van der Waals surface area contributed by atoms with E-state index in [-0.39, 0.29) is 6.61 Å². The van der Waals surface area contributed by atoms with Gasteiger partial charge in [-0.3, -0.25) is 4.79 Å². The molecule has 0 aliphatic rings. The number of carbonyl (C=O) groups is 2. The highest BCUT2D eigenvalue weighted by Gasteiger charge is 2.06. The van der Waals surface area contributed by atoms with Gasteiger partial charge in [0.1, 0.15) is 11.6 Å². The van der Waals surface area contributed by atoms with E-state index < -0.39 is 17.7 Å². The number of aryl methyl sites for hydroxylation is 1. The third-order valence-corrected chi connectivity index (χ3v) is 3.91. The van der Waals surface area contributed by atoms with Gasteiger partial charge in [-0.2, -0.15) is 0 Å². The lowest BCUT2D eigenvalue weighted by atomic mass is 10.1. The zero-order valence-electron chi connectivity index (χ0n) is 14.2. The molecule has 0 bridgehead atoms. The predicted molar refractivity (Wildman–Crippen MR) is 100 cm³/mol. The summed E-state index contributed by atoms with van der Waals surface area (Å²) in [7, 11) is 1.28. The number of esters is 1. The number of nitrogens with one attached hydrogen (secondary N) is 1. The molecule has 1 amide bonds. The molecule has 26 heavy (non-hydrogen) atoms. The summed E-state index contributed by atoms with van der Waals surface area (Å²) < 4.78 is 24.2. The third kappa shape index (κ3) is 5.70. The number of ether oxygens (including phenoxy) is 2. The second-order valence-corrected chi connectivity index (χ2v) is 6.25. The number of carbonyl (C=O) groups excluding carboxylic acids is 2. The summed E-state index contributed by atoms with van der Waals surface area (Å²) in [5.41, 5.74) is 1.64. The van der Waals surface area contributed by atoms with Crippen LogP contribution in [-0.2, 0) is 14.3 Å². The van der Waals surface area contributed by atoms with Crippen LogP contribution in [0.1, 0.15) is 11.1 Å². The van der Waals surface area contributed by atoms with Crippen molar-refractivity contribution in [2.45, 2.75) is 6.92 Å². The first-order valence-electron chi connectivity index (χ1n) is 7.63. The van der Waals surface area contributed by atoms with Crippen molar-refractivity contribution in [3.05, 3.63) is 63.9 Å². The molecule has 0 aliphatic carbocycles. The van der Waals surface area contributed by atoms with Crippen molar-refractivity contribution >= 4 is 39.6 Å². The number of hydrogen-bond donors (Lipinski definition) is 1. The Bertz CT molecular complexity index is 851. The van der Waals surface area contributed by atoms with Crippen molar-refractivity contribution in [3.8, 4) is 5.75 Å². The lowest BCUT2D eigenvalue weighted by Gasteiger charge is -2.10. The van der Waals surface area contributed by atoms with Crippen molar-refractivity contribution in [2.75, 3.05) is 19.0 Å². The average Bonchev–Trinajstić information content (AvgIpc) is 2.62. The summed E-state index contributed by atoms with van der Waals surface area (Å²) in [6.07, 6.45) is 2.66. The first-order chi connectivity index (χ1) is 12.4. The summed E-state index contributed by atoms with van der Waals surface area (Å²) in [6, 6.07) is 9.46. The molecule has 2 aromatic carbocycles. The first kappa shape index (κ1) is 19.7. The molecule has 0 fully saturated rings. The normalized spacial score (nSPS) is 10.6. The van der Waals surface area contributed by atoms with E-state index in [1.54, 1.807) is 37.3 Å². The average molecular weight is 422 g/mol. The number of amides is 1. The minimum atomic E-state index is -0.482. The number of benzene rings is 2. The second kappa shape index (κ2) is 9.15. The van der Waals surface area contributed by atoms with Gasteiger partial charge in [-0.05, 0) is 55.0 Å². The van der Waals surface area contributed by atoms with Gasteiger partial charge < -0.3 is 14.8 Å². The lowest BCUT2D eigenvalue weighted by molar-refractivity contribution is -0.142. The van der Waals surface area contributed by atoms with Gasteiger partial charge in [0, 0.05) is 21.8 Å². The van der Waals surface area contributed by atoms with Crippen molar-refractivity contribution in [2.24, 2.45) is 0 Å². The Kier molecular flexibility index (Phi) is 6.91. The first-order valence-corrected chi connectivity index (χ1v) is 8.42. The number of methoxy groups -OCH3 is 1. The molecule has 0 heterocycles. The quantitative estimate of drug-likeness (QED) is 0.563. The minimum absolute atomic E-state index is 0.192. The van der Waals surface area contributed by atoms with E-state index in [0.29, 0.717) is 17.0 Å². The number of anilines is 1. The van der Waals surface area contributed by atoms with E-state index in [9.17, 15) is 14.0 Å². The Morgan fingerprint density at radius 2 is 2.00 bits per heavy atom. The smallest absolute Gasteiger partial charge is 0.343 e. The predicted octanol–water partition coefficient (Wildman–Crippen LogP) is 4.10. The lowest BCUT2D eigenvalue weighted by Crippen LogP contribution is -2.13. The van der Waals surface area contributed by atoms with Crippen LogP contribution in [0.4, 0.5) is 10.1 Å². The van der Waals surface area contributed by atoms with E-state index in [4.69, 9.17) is 4.74 Å². The second-order valence-electron chi connectivity index (χ2n) is 5.33. The maximum Gasteiger partial charge on any atom is 0.343 e. The molecule has 0 spiro atoms. The van der Waals surface area contributed by atoms with Crippen LogP contribution in [-0.4, -0.2) is 25.6 Å². The number of halogens is 2. The molecule has 0 aromatic heterocycles. The van der Waals surface area contributed by atoms with E-state index in [1.165, 1.54) is 25.3 Å². The number of rotatable bonds is 6. The van der Waals surface area contributed by atoms with Crippen LogP contribution in [0.5, 0.6) is 5.75 Å². The summed E-state index contributed by atoms with van der Waals surface area (Å²) >= 11 is 3.26. The molecule has 2 rings (SSSR count). The molecule has 136 valence electrons. The Balaban J connectivity index is 2.01. The van der Waals surface area contributed by atoms with Crippen molar-refractivity contribution in [3.63, 3.8) is 0 Å². The highest BCUT2D eigenvalue weighted by atomic mass is 79.9. The largest absolute Gasteiger partial charge is 0.482 e. The summed E-state index contributed by atoms with van der Waals surface area (Å²) in [5.74, 6) is -0.807. The molecule has 0 radical (unpaired) electrons. The van der Waals surface area contributed by atoms with Crippen molar-refractivity contribution < 1.29 is 23.5 Å². The van der Waals surface area contributed by atoms with Gasteiger partial charge in [-0.25, -0.2) is 9.18 Å². The van der Waals surface area contributed by atoms with E-state index in [0.717, 1.165) is 10.0 Å². The third-order valence-electron chi connectivity index (χ3n) is 3.41. The van der Waals surface area contributed by atoms with Gasteiger partial charge in [0.05, 0.1) is 7.11 Å². The zero-order valence-corrected chi connectivity index (χ0v) is 15.8. The van der Waals surface area contributed by atoms with Gasteiger partial charge in [0.2, 0.25) is 5.91 Å². The van der Waals surface area contributed by atoms with Gasteiger partial charge in [0.25, 0.3) is 0 Å². The zero-order chi connectivity index (χ0) is 19.1. The standard InChI is InChI=1S/C19H17BrFNO4/c1-12-9-15(26-11-19(24)25-2)5-7-17(12)22-18(23)8-3-13-10-14(20)4-6-16(13)21/h3-10H,11H2,1-2H3,(H,22,23)/b8-3+. The van der Waals surface area contributed by atoms with Crippen LogP contribution >= 0.6 is 15.9 Å². The molecule has 7 heteroatoms. The molecular formula is C19H17BrFNO4. The van der Waals surface area contributed by atoms with Crippen LogP contribution in [0.25, 0.3) is 6.08 Å². The SMILES string of the molecule is COC(=O)COc1ccc(NC(=O)/C=C/c2cc(Br)ccc2F)c(C)c1. The Morgan fingerprint density at radius 1 is 1.23 bits per heavy atom. The van der Waals surface area contributed by atoms with Crippen molar-refractivity contribution in [1.29, 1.82) is 0 Å². The molecular weight excluding hydrogens is 405 g/mol.